The number of aliphatic hydroxyl groups is 1. The predicted molar refractivity (Wildman–Crippen MR) is 112 cm³/mol. The summed E-state index contributed by atoms with van der Waals surface area (Å²) in [6.45, 7) is 7.76. The summed E-state index contributed by atoms with van der Waals surface area (Å²) in [5, 5.41) is 11.5. The minimum absolute atomic E-state index is 0.0424. The van der Waals surface area contributed by atoms with E-state index in [0.29, 0.717) is 10.5 Å². The molecule has 1 N–H and O–H groups in total. The first-order chi connectivity index (χ1) is 13.3. The molecule has 0 aliphatic carbocycles. The summed E-state index contributed by atoms with van der Waals surface area (Å²) < 4.78 is 20.6. The first kappa shape index (κ1) is 20.8. The number of thiophene rings is 1. The van der Waals surface area contributed by atoms with Crippen LogP contribution in [0.2, 0.25) is 0 Å². The van der Waals surface area contributed by atoms with Gasteiger partial charge in [0.1, 0.15) is 11.4 Å². The van der Waals surface area contributed by atoms with Crippen molar-refractivity contribution in [2.75, 3.05) is 12.4 Å². The second kappa shape index (κ2) is 8.63. The van der Waals surface area contributed by atoms with Gasteiger partial charge in [-0.15, -0.1) is 11.3 Å². The number of hydrogen-bond acceptors (Lipinski definition) is 6. The van der Waals surface area contributed by atoms with E-state index in [4.69, 9.17) is 4.74 Å². The zero-order chi connectivity index (χ0) is 20.4. The standard InChI is InChI=1S/C20H23FN2O3S2/c1-11(2)23-19(25)17-12(3)13(4)28-18(17)22-20(23)27-10-14(24)9-26-16-8-6-5-7-15(16)21/h5-8,11,14,24H,9-10H2,1-4H3/t14-/m1/s1. The van der Waals surface area contributed by atoms with Crippen molar-refractivity contribution in [3.05, 3.63) is 50.9 Å². The van der Waals surface area contributed by atoms with Gasteiger partial charge in [0.25, 0.3) is 5.56 Å². The fourth-order valence-electron chi connectivity index (χ4n) is 2.81. The van der Waals surface area contributed by atoms with E-state index in [0.717, 1.165) is 15.3 Å². The van der Waals surface area contributed by atoms with Crippen LogP contribution < -0.4 is 10.3 Å². The van der Waals surface area contributed by atoms with Gasteiger partial charge in [-0.1, -0.05) is 23.9 Å². The van der Waals surface area contributed by atoms with Crippen LogP contribution >= 0.6 is 23.1 Å². The molecule has 28 heavy (non-hydrogen) atoms. The molecule has 1 aromatic carbocycles. The fourth-order valence-corrected chi connectivity index (χ4v) is 4.92. The molecule has 2 aromatic heterocycles. The third-order valence-corrected chi connectivity index (χ3v) is 6.59. The molecular formula is C20H23FN2O3S2. The molecule has 1 atom stereocenters. The molecular weight excluding hydrogens is 399 g/mol. The van der Waals surface area contributed by atoms with Gasteiger partial charge < -0.3 is 9.84 Å². The maximum atomic E-state index is 13.6. The first-order valence-corrected chi connectivity index (χ1v) is 10.8. The van der Waals surface area contributed by atoms with E-state index < -0.39 is 11.9 Å². The molecule has 0 saturated heterocycles. The molecule has 0 saturated carbocycles. The smallest absolute Gasteiger partial charge is 0.263 e. The SMILES string of the molecule is Cc1sc2nc(SC[C@H](O)COc3ccccc3F)n(C(C)C)c(=O)c2c1C. The van der Waals surface area contributed by atoms with E-state index in [1.807, 2.05) is 27.7 Å². The summed E-state index contributed by atoms with van der Waals surface area (Å²) in [6.07, 6.45) is -0.829. The molecule has 0 fully saturated rings. The largest absolute Gasteiger partial charge is 0.488 e. The lowest BCUT2D eigenvalue weighted by Gasteiger charge is -2.17. The highest BCUT2D eigenvalue weighted by Crippen LogP contribution is 2.29. The Hall–Kier alpha value is -1.90. The monoisotopic (exact) mass is 422 g/mol. The molecule has 5 nitrogen and oxygen atoms in total. The number of aromatic nitrogens is 2. The Kier molecular flexibility index (Phi) is 6.42. The molecule has 0 spiro atoms. The van der Waals surface area contributed by atoms with Gasteiger partial charge in [-0.05, 0) is 45.4 Å². The normalized spacial score (nSPS) is 12.7. The number of benzene rings is 1. The number of rotatable bonds is 7. The second-order valence-electron chi connectivity index (χ2n) is 6.83. The number of aliphatic hydroxyl groups excluding tert-OH is 1. The average molecular weight is 423 g/mol. The molecule has 8 heteroatoms. The van der Waals surface area contributed by atoms with Gasteiger partial charge in [-0.3, -0.25) is 9.36 Å². The molecule has 0 bridgehead atoms. The summed E-state index contributed by atoms with van der Waals surface area (Å²) in [4.78, 5) is 19.5. The number of para-hydroxylation sites is 1. The number of nitrogens with zero attached hydrogens (tertiary/aromatic N) is 2. The zero-order valence-electron chi connectivity index (χ0n) is 16.2. The zero-order valence-corrected chi connectivity index (χ0v) is 17.9. The highest BCUT2D eigenvalue weighted by molar-refractivity contribution is 7.99. The molecule has 0 amide bonds. The molecule has 0 aliphatic rings. The number of fused-ring (bicyclic) bond motifs is 1. The maximum absolute atomic E-state index is 13.6. The molecule has 3 aromatic rings. The number of thioether (sulfide) groups is 1. The van der Waals surface area contributed by atoms with Crippen molar-refractivity contribution in [1.82, 2.24) is 9.55 Å². The highest BCUT2D eigenvalue weighted by atomic mass is 32.2. The van der Waals surface area contributed by atoms with Crippen molar-refractivity contribution in [3.8, 4) is 5.75 Å². The van der Waals surface area contributed by atoms with Crippen LogP contribution in [0.25, 0.3) is 10.2 Å². The van der Waals surface area contributed by atoms with E-state index in [2.05, 4.69) is 4.98 Å². The van der Waals surface area contributed by atoms with E-state index >= 15 is 0 Å². The van der Waals surface area contributed by atoms with Crippen LogP contribution in [-0.2, 0) is 0 Å². The number of hydrogen-bond donors (Lipinski definition) is 1. The summed E-state index contributed by atoms with van der Waals surface area (Å²) in [5.41, 5.74) is 0.920. The molecule has 0 unspecified atom stereocenters. The van der Waals surface area contributed by atoms with E-state index in [1.54, 1.807) is 16.7 Å². The quantitative estimate of drug-likeness (QED) is 0.454. The van der Waals surface area contributed by atoms with Gasteiger partial charge in [0.2, 0.25) is 0 Å². The number of ether oxygens (including phenoxy) is 1. The van der Waals surface area contributed by atoms with Crippen molar-refractivity contribution in [2.45, 2.75) is 45.0 Å². The highest BCUT2D eigenvalue weighted by Gasteiger charge is 2.19. The first-order valence-electron chi connectivity index (χ1n) is 9.00. The van der Waals surface area contributed by atoms with Crippen molar-refractivity contribution in [3.63, 3.8) is 0 Å². The lowest BCUT2D eigenvalue weighted by molar-refractivity contribution is 0.123. The van der Waals surface area contributed by atoms with Crippen molar-refractivity contribution in [1.29, 1.82) is 0 Å². The Balaban J connectivity index is 1.77. The van der Waals surface area contributed by atoms with Crippen LogP contribution in [0.3, 0.4) is 0 Å². The third kappa shape index (κ3) is 4.24. The number of aryl methyl sites for hydroxylation is 2. The predicted octanol–water partition coefficient (Wildman–Crippen LogP) is 4.33. The topological polar surface area (TPSA) is 64.4 Å². The lowest BCUT2D eigenvalue weighted by atomic mass is 10.2. The molecule has 0 radical (unpaired) electrons. The van der Waals surface area contributed by atoms with Gasteiger partial charge in [-0.25, -0.2) is 9.37 Å². The van der Waals surface area contributed by atoms with Crippen LogP contribution in [0.5, 0.6) is 5.75 Å². The van der Waals surface area contributed by atoms with Crippen LogP contribution in [-0.4, -0.2) is 33.1 Å². The van der Waals surface area contributed by atoms with Crippen LogP contribution in [0.15, 0.2) is 34.2 Å². The van der Waals surface area contributed by atoms with E-state index in [1.165, 1.54) is 35.2 Å². The van der Waals surface area contributed by atoms with Crippen molar-refractivity contribution in [2.24, 2.45) is 0 Å². The summed E-state index contributed by atoms with van der Waals surface area (Å²) in [6, 6.07) is 6.02. The summed E-state index contributed by atoms with van der Waals surface area (Å²) >= 11 is 2.81. The van der Waals surface area contributed by atoms with Crippen molar-refractivity contribution < 1.29 is 14.2 Å². The Morgan fingerprint density at radius 3 is 2.71 bits per heavy atom. The summed E-state index contributed by atoms with van der Waals surface area (Å²) in [7, 11) is 0. The van der Waals surface area contributed by atoms with Gasteiger partial charge in [0, 0.05) is 16.7 Å². The molecule has 2 heterocycles. The van der Waals surface area contributed by atoms with Crippen molar-refractivity contribution >= 4 is 33.3 Å². The van der Waals surface area contributed by atoms with Gasteiger partial charge in [0.15, 0.2) is 16.7 Å². The Bertz CT molecular complexity index is 1050. The average Bonchev–Trinajstić information content (AvgIpc) is 2.93. The van der Waals surface area contributed by atoms with Crippen LogP contribution in [0.1, 0.15) is 30.3 Å². The van der Waals surface area contributed by atoms with E-state index in [-0.39, 0.29) is 29.7 Å². The van der Waals surface area contributed by atoms with Gasteiger partial charge in [-0.2, -0.15) is 0 Å². The number of halogens is 1. The molecule has 0 aliphatic heterocycles. The Morgan fingerprint density at radius 2 is 2.04 bits per heavy atom. The van der Waals surface area contributed by atoms with Crippen LogP contribution in [0, 0.1) is 19.7 Å². The van der Waals surface area contributed by atoms with Crippen LogP contribution in [0.4, 0.5) is 4.39 Å². The maximum Gasteiger partial charge on any atom is 0.263 e. The van der Waals surface area contributed by atoms with E-state index in [9.17, 15) is 14.3 Å². The van der Waals surface area contributed by atoms with Gasteiger partial charge >= 0.3 is 0 Å². The lowest BCUT2D eigenvalue weighted by Crippen LogP contribution is -2.26. The van der Waals surface area contributed by atoms with Gasteiger partial charge in [0.05, 0.1) is 11.5 Å². The minimum atomic E-state index is -0.829. The fraction of sp³-hybridized carbons (Fsp3) is 0.400. The minimum Gasteiger partial charge on any atom is -0.488 e. The Labute approximate surface area is 171 Å². The molecule has 3 rings (SSSR count). The Morgan fingerprint density at radius 1 is 1.32 bits per heavy atom. The second-order valence-corrected chi connectivity index (χ2v) is 9.02. The summed E-state index contributed by atoms with van der Waals surface area (Å²) in [5.74, 6) is -0.0797. The molecule has 150 valence electrons. The third-order valence-electron chi connectivity index (χ3n) is 4.39.